The number of rotatable bonds is 8. The molecule has 216 valence electrons. The van der Waals surface area contributed by atoms with E-state index in [0.29, 0.717) is 44.8 Å². The molecule has 0 fully saturated rings. The number of oxazole rings is 1. The van der Waals surface area contributed by atoms with Crippen molar-refractivity contribution in [1.29, 1.82) is 0 Å². The SMILES string of the molecule is O=C(OCCCBr)c1ccc2nc(-c3cc(Cl)cc(Cl)c3)oc2c1.c1ccc(P(c2ccccc2)c2ccccc2)cc1. The van der Waals surface area contributed by atoms with E-state index in [1.54, 1.807) is 36.4 Å². The van der Waals surface area contributed by atoms with Crippen LogP contribution in [0, 0.1) is 0 Å². The van der Waals surface area contributed by atoms with Crippen LogP contribution in [0.1, 0.15) is 16.8 Å². The number of nitrogens with zero attached hydrogens (tertiary/aromatic N) is 1. The molecule has 8 heteroatoms. The topological polar surface area (TPSA) is 52.3 Å². The van der Waals surface area contributed by atoms with Crippen molar-refractivity contribution in [3.63, 3.8) is 0 Å². The predicted molar refractivity (Wildman–Crippen MR) is 183 cm³/mol. The van der Waals surface area contributed by atoms with Crippen molar-refractivity contribution in [1.82, 2.24) is 4.98 Å². The zero-order chi connectivity index (χ0) is 30.0. The van der Waals surface area contributed by atoms with E-state index in [4.69, 9.17) is 32.4 Å². The number of aromatic nitrogens is 1. The molecule has 0 aliphatic carbocycles. The molecule has 0 atom stereocenters. The largest absolute Gasteiger partial charge is 0.462 e. The zero-order valence-corrected chi connectivity index (χ0v) is 27.0. The minimum atomic E-state index is -0.446. The Morgan fingerprint density at radius 1 is 0.744 bits per heavy atom. The van der Waals surface area contributed by atoms with Gasteiger partial charge in [-0.1, -0.05) is 130 Å². The maximum Gasteiger partial charge on any atom is 0.338 e. The summed E-state index contributed by atoms with van der Waals surface area (Å²) in [5.74, 6) is 0.000746. The van der Waals surface area contributed by atoms with E-state index in [1.165, 1.54) is 15.9 Å². The van der Waals surface area contributed by atoms with Gasteiger partial charge in [0.15, 0.2) is 5.58 Å². The Bertz CT molecular complexity index is 1670. The van der Waals surface area contributed by atoms with Gasteiger partial charge in [0.1, 0.15) is 5.52 Å². The number of carbonyl (C=O) groups excluding carboxylic acids is 1. The molecule has 6 aromatic rings. The van der Waals surface area contributed by atoms with Crippen LogP contribution in [-0.2, 0) is 4.74 Å². The Kier molecular flexibility index (Phi) is 11.0. The summed E-state index contributed by atoms with van der Waals surface area (Å²) in [6.07, 6.45) is 0.760. The highest BCUT2D eigenvalue weighted by atomic mass is 79.9. The standard InChI is InChI=1S/C18H15P.C17H12BrCl2NO3/c1-4-10-16(11-5-1)19(17-12-6-2-7-13-17)18-14-8-3-9-15-18;18-4-1-5-23-17(22)10-2-3-14-15(8-10)24-16(21-14)11-6-12(19)9-13(20)7-11/h1-15H;2-3,6-9H,1,4-5H2. The van der Waals surface area contributed by atoms with Gasteiger partial charge in [0.2, 0.25) is 5.89 Å². The van der Waals surface area contributed by atoms with Crippen LogP contribution in [0.2, 0.25) is 10.0 Å². The Morgan fingerprint density at radius 2 is 1.28 bits per heavy atom. The maximum atomic E-state index is 12.0. The fourth-order valence-corrected chi connectivity index (χ4v) is 7.39. The van der Waals surface area contributed by atoms with Crippen LogP contribution in [0.3, 0.4) is 0 Å². The van der Waals surface area contributed by atoms with E-state index in [9.17, 15) is 4.79 Å². The van der Waals surface area contributed by atoms with Gasteiger partial charge in [-0.2, -0.15) is 0 Å². The first-order chi connectivity index (χ1) is 21.0. The molecule has 0 aliphatic heterocycles. The second kappa shape index (κ2) is 15.3. The van der Waals surface area contributed by atoms with Crippen LogP contribution in [0.4, 0.5) is 0 Å². The molecular formula is C35H27BrCl2NO3P. The van der Waals surface area contributed by atoms with E-state index in [1.807, 2.05) is 0 Å². The quantitative estimate of drug-likeness (QED) is 0.0692. The third-order valence-corrected chi connectivity index (χ3v) is 9.73. The minimum Gasteiger partial charge on any atom is -0.462 e. The fraction of sp³-hybridized carbons (Fsp3) is 0.0857. The Morgan fingerprint density at radius 3 is 1.79 bits per heavy atom. The molecule has 0 radical (unpaired) electrons. The Labute approximate surface area is 270 Å². The van der Waals surface area contributed by atoms with Crippen LogP contribution >= 0.6 is 47.1 Å². The van der Waals surface area contributed by atoms with E-state index < -0.39 is 7.92 Å². The number of alkyl halides is 1. The molecule has 4 nitrogen and oxygen atoms in total. The van der Waals surface area contributed by atoms with Crippen molar-refractivity contribution < 1.29 is 13.9 Å². The summed E-state index contributed by atoms with van der Waals surface area (Å²) in [5, 5.41) is 5.97. The van der Waals surface area contributed by atoms with Crippen molar-refractivity contribution in [3.8, 4) is 11.5 Å². The van der Waals surface area contributed by atoms with Crippen LogP contribution in [0.5, 0.6) is 0 Å². The number of halogens is 3. The van der Waals surface area contributed by atoms with Gasteiger partial charge < -0.3 is 9.15 Å². The molecule has 6 rings (SSSR count). The second-order valence-corrected chi connectivity index (χ2v) is 13.3. The first-order valence-corrected chi connectivity index (χ1v) is 16.8. The number of benzene rings is 5. The van der Waals surface area contributed by atoms with Gasteiger partial charge in [-0.15, -0.1) is 0 Å². The molecule has 43 heavy (non-hydrogen) atoms. The number of esters is 1. The molecule has 0 N–H and O–H groups in total. The van der Waals surface area contributed by atoms with Crippen LogP contribution in [0.15, 0.2) is 132 Å². The van der Waals surface area contributed by atoms with Gasteiger partial charge in [0.05, 0.1) is 12.2 Å². The van der Waals surface area contributed by atoms with Gasteiger partial charge in [0, 0.05) is 20.9 Å². The molecule has 0 spiro atoms. The lowest BCUT2D eigenvalue weighted by atomic mass is 10.2. The number of ether oxygens (including phenoxy) is 1. The molecule has 1 heterocycles. The highest BCUT2D eigenvalue weighted by Crippen LogP contribution is 2.32. The third-order valence-electron chi connectivity index (χ3n) is 6.29. The fourth-order valence-electron chi connectivity index (χ4n) is 4.33. The Balaban J connectivity index is 0.000000176. The number of carbonyl (C=O) groups is 1. The van der Waals surface area contributed by atoms with E-state index >= 15 is 0 Å². The molecule has 0 amide bonds. The van der Waals surface area contributed by atoms with E-state index in [2.05, 4.69) is 112 Å². The van der Waals surface area contributed by atoms with E-state index in [0.717, 1.165) is 11.8 Å². The van der Waals surface area contributed by atoms with Crippen molar-refractivity contribution in [2.45, 2.75) is 6.42 Å². The summed E-state index contributed by atoms with van der Waals surface area (Å²) in [7, 11) is -0.446. The van der Waals surface area contributed by atoms with Gasteiger partial charge in [-0.25, -0.2) is 9.78 Å². The average Bonchev–Trinajstić information content (AvgIpc) is 3.47. The van der Waals surface area contributed by atoms with Gasteiger partial charge >= 0.3 is 5.97 Å². The summed E-state index contributed by atoms with van der Waals surface area (Å²) in [4.78, 5) is 16.4. The number of fused-ring (bicyclic) bond motifs is 1. The zero-order valence-electron chi connectivity index (χ0n) is 23.0. The lowest BCUT2D eigenvalue weighted by molar-refractivity contribution is 0.0506. The molecule has 0 unspecified atom stereocenters. The van der Waals surface area contributed by atoms with Crippen molar-refractivity contribution in [3.05, 3.63) is 143 Å². The number of hydrogen-bond donors (Lipinski definition) is 0. The van der Waals surface area contributed by atoms with E-state index in [-0.39, 0.29) is 5.97 Å². The van der Waals surface area contributed by atoms with Gasteiger partial charge in [-0.3, -0.25) is 0 Å². The minimum absolute atomic E-state index is 0.366. The van der Waals surface area contributed by atoms with Crippen LogP contribution < -0.4 is 15.9 Å². The lowest BCUT2D eigenvalue weighted by Crippen LogP contribution is -2.20. The average molecular weight is 691 g/mol. The van der Waals surface area contributed by atoms with Gasteiger partial charge in [-0.05, 0) is 66.7 Å². The molecule has 0 saturated carbocycles. The molecule has 0 aliphatic rings. The molecule has 5 aromatic carbocycles. The van der Waals surface area contributed by atoms with Crippen LogP contribution in [0.25, 0.3) is 22.6 Å². The summed E-state index contributed by atoms with van der Waals surface area (Å²) in [6, 6.07) is 42.4. The smallest absolute Gasteiger partial charge is 0.338 e. The first kappa shape index (κ1) is 31.0. The van der Waals surface area contributed by atoms with Crippen molar-refractivity contribution in [2.24, 2.45) is 0 Å². The van der Waals surface area contributed by atoms with Crippen molar-refractivity contribution in [2.75, 3.05) is 11.9 Å². The first-order valence-electron chi connectivity index (χ1n) is 13.6. The summed E-state index contributed by atoms with van der Waals surface area (Å²) >= 11 is 15.3. The highest BCUT2D eigenvalue weighted by Gasteiger charge is 2.16. The number of hydrogen-bond acceptors (Lipinski definition) is 4. The van der Waals surface area contributed by atoms with Crippen molar-refractivity contribution >= 4 is 80.0 Å². The molecular weight excluding hydrogens is 664 g/mol. The molecule has 0 saturated heterocycles. The summed E-state index contributed by atoms with van der Waals surface area (Å²) in [5.41, 5.74) is 2.23. The lowest BCUT2D eigenvalue weighted by Gasteiger charge is -2.18. The summed E-state index contributed by atoms with van der Waals surface area (Å²) < 4.78 is 10.9. The molecule has 0 bridgehead atoms. The third kappa shape index (κ3) is 8.34. The Hall–Kier alpha value is -3.47. The summed E-state index contributed by atoms with van der Waals surface area (Å²) in [6.45, 7) is 0.366. The highest BCUT2D eigenvalue weighted by molar-refractivity contribution is 9.09. The molecule has 1 aromatic heterocycles. The predicted octanol–water partition coefficient (Wildman–Crippen LogP) is 9.19. The maximum absolute atomic E-state index is 12.0. The van der Waals surface area contributed by atoms with Gasteiger partial charge in [0.25, 0.3) is 0 Å². The normalized spacial score (nSPS) is 10.8. The monoisotopic (exact) mass is 689 g/mol. The second-order valence-electron chi connectivity index (χ2n) is 9.38. The van der Waals surface area contributed by atoms with Crippen LogP contribution in [-0.4, -0.2) is 22.9 Å².